The number of nitrogens with one attached hydrogen (secondary N) is 1. The number of fused-ring (bicyclic) bond motifs is 1. The van der Waals surface area contributed by atoms with E-state index in [0.717, 1.165) is 22.7 Å². The fourth-order valence-electron chi connectivity index (χ4n) is 1.32. The molecule has 0 aliphatic heterocycles. The molecular formula is C10H8N2O2. The fourth-order valence-corrected chi connectivity index (χ4v) is 1.32. The molecular weight excluding hydrogens is 180 g/mol. The van der Waals surface area contributed by atoms with Gasteiger partial charge in [-0.3, -0.25) is 10.1 Å². The second-order valence-corrected chi connectivity index (χ2v) is 2.93. The van der Waals surface area contributed by atoms with Crippen LogP contribution >= 0.6 is 0 Å². The van der Waals surface area contributed by atoms with Crippen LogP contribution < -0.4 is 0 Å². The molecule has 0 aliphatic rings. The van der Waals surface area contributed by atoms with Gasteiger partial charge in [-0.1, -0.05) is 6.07 Å². The first-order valence-corrected chi connectivity index (χ1v) is 4.14. The highest BCUT2D eigenvalue weighted by molar-refractivity contribution is 5.81. The highest BCUT2D eigenvalue weighted by Gasteiger charge is 1.95. The maximum absolute atomic E-state index is 10.1. The van der Waals surface area contributed by atoms with Gasteiger partial charge in [-0.2, -0.15) is 0 Å². The summed E-state index contributed by atoms with van der Waals surface area (Å²) in [6.07, 6.45) is 4.26. The number of hydrogen-bond acceptors (Lipinski definition) is 2. The van der Waals surface area contributed by atoms with Crippen LogP contribution in [0.15, 0.2) is 36.7 Å². The highest BCUT2D eigenvalue weighted by atomic mass is 16.6. The molecule has 2 rings (SSSR count). The van der Waals surface area contributed by atoms with E-state index in [9.17, 15) is 10.1 Å². The number of aromatic amines is 1. The molecule has 1 heterocycles. The summed E-state index contributed by atoms with van der Waals surface area (Å²) in [6.45, 7) is 0. The van der Waals surface area contributed by atoms with Crippen molar-refractivity contribution in [3.05, 3.63) is 52.3 Å². The summed E-state index contributed by atoms with van der Waals surface area (Å²) in [5.41, 5.74) is 1.86. The third kappa shape index (κ3) is 1.64. The van der Waals surface area contributed by atoms with Crippen LogP contribution in [0.3, 0.4) is 0 Å². The first-order valence-electron chi connectivity index (χ1n) is 4.14. The van der Waals surface area contributed by atoms with Gasteiger partial charge < -0.3 is 4.98 Å². The Labute approximate surface area is 80.0 Å². The van der Waals surface area contributed by atoms with Crippen molar-refractivity contribution in [3.63, 3.8) is 0 Å². The molecule has 0 saturated heterocycles. The SMILES string of the molecule is O=[N+]([O-])C=Cc1ccc2[nH]ccc2c1. The molecule has 4 nitrogen and oxygen atoms in total. The van der Waals surface area contributed by atoms with Gasteiger partial charge in [0, 0.05) is 17.8 Å². The van der Waals surface area contributed by atoms with Crippen molar-refractivity contribution in [1.29, 1.82) is 0 Å². The van der Waals surface area contributed by atoms with Crippen molar-refractivity contribution < 1.29 is 4.92 Å². The van der Waals surface area contributed by atoms with Gasteiger partial charge in [-0.15, -0.1) is 0 Å². The molecule has 0 fully saturated rings. The quantitative estimate of drug-likeness (QED) is 0.581. The first kappa shape index (κ1) is 8.50. The van der Waals surface area contributed by atoms with Crippen LogP contribution in [0.1, 0.15) is 5.56 Å². The third-order valence-corrected chi connectivity index (χ3v) is 1.97. The Morgan fingerprint density at radius 3 is 3.00 bits per heavy atom. The lowest BCUT2D eigenvalue weighted by Gasteiger charge is -1.92. The van der Waals surface area contributed by atoms with Crippen LogP contribution in [0.2, 0.25) is 0 Å². The number of rotatable bonds is 2. The normalized spacial score (nSPS) is 11.1. The van der Waals surface area contributed by atoms with Gasteiger partial charge in [0.15, 0.2) is 0 Å². The second-order valence-electron chi connectivity index (χ2n) is 2.93. The Bertz CT molecular complexity index is 500. The Morgan fingerprint density at radius 1 is 1.36 bits per heavy atom. The molecule has 0 atom stereocenters. The van der Waals surface area contributed by atoms with Crippen molar-refractivity contribution in [2.45, 2.75) is 0 Å². The van der Waals surface area contributed by atoms with Gasteiger partial charge >= 0.3 is 0 Å². The van der Waals surface area contributed by atoms with E-state index in [4.69, 9.17) is 0 Å². The van der Waals surface area contributed by atoms with Crippen LogP contribution in [0.5, 0.6) is 0 Å². The van der Waals surface area contributed by atoms with Gasteiger partial charge in [0.2, 0.25) is 6.20 Å². The molecule has 4 heteroatoms. The van der Waals surface area contributed by atoms with E-state index >= 15 is 0 Å². The highest BCUT2D eigenvalue weighted by Crippen LogP contribution is 2.14. The zero-order chi connectivity index (χ0) is 9.97. The standard InChI is InChI=1S/C10H8N2O2/c13-12(14)6-4-8-1-2-10-9(7-8)3-5-11-10/h1-7,11H. The number of nitrogens with zero attached hydrogens (tertiary/aromatic N) is 1. The minimum Gasteiger partial charge on any atom is -0.361 e. The number of benzene rings is 1. The van der Waals surface area contributed by atoms with E-state index in [2.05, 4.69) is 4.98 Å². The lowest BCUT2D eigenvalue weighted by Crippen LogP contribution is -1.82. The van der Waals surface area contributed by atoms with Crippen LogP contribution in [0.4, 0.5) is 0 Å². The minimum atomic E-state index is -0.471. The number of aromatic nitrogens is 1. The van der Waals surface area contributed by atoms with Gasteiger partial charge in [-0.25, -0.2) is 0 Å². The van der Waals surface area contributed by atoms with E-state index in [1.807, 2.05) is 30.5 Å². The molecule has 0 radical (unpaired) electrons. The summed E-state index contributed by atoms with van der Waals surface area (Å²) in [5.74, 6) is 0. The third-order valence-electron chi connectivity index (χ3n) is 1.97. The summed E-state index contributed by atoms with van der Waals surface area (Å²) >= 11 is 0. The Kier molecular flexibility index (Phi) is 2.02. The Morgan fingerprint density at radius 2 is 2.21 bits per heavy atom. The Balaban J connectivity index is 2.39. The summed E-state index contributed by atoms with van der Waals surface area (Å²) in [6, 6.07) is 7.55. The average Bonchev–Trinajstić information content (AvgIpc) is 2.61. The van der Waals surface area contributed by atoms with E-state index in [-0.39, 0.29) is 0 Å². The number of hydrogen-bond donors (Lipinski definition) is 1. The zero-order valence-electron chi connectivity index (χ0n) is 7.31. The van der Waals surface area contributed by atoms with Crippen molar-refractivity contribution >= 4 is 17.0 Å². The molecule has 0 aliphatic carbocycles. The van der Waals surface area contributed by atoms with Crippen LogP contribution in [0, 0.1) is 10.1 Å². The minimum absolute atomic E-state index is 0.471. The van der Waals surface area contributed by atoms with E-state index < -0.39 is 4.92 Å². The molecule has 1 N–H and O–H groups in total. The number of nitro groups is 1. The fraction of sp³-hybridized carbons (Fsp3) is 0. The van der Waals surface area contributed by atoms with Gasteiger partial charge in [0.25, 0.3) is 0 Å². The maximum Gasteiger partial charge on any atom is 0.235 e. The van der Waals surface area contributed by atoms with Gasteiger partial charge in [0.05, 0.1) is 4.92 Å². The van der Waals surface area contributed by atoms with Crippen molar-refractivity contribution in [2.24, 2.45) is 0 Å². The average molecular weight is 188 g/mol. The summed E-state index contributed by atoms with van der Waals surface area (Å²) < 4.78 is 0. The molecule has 0 bridgehead atoms. The predicted octanol–water partition coefficient (Wildman–Crippen LogP) is 2.42. The van der Waals surface area contributed by atoms with Crippen LogP contribution in [-0.2, 0) is 0 Å². The second kappa shape index (κ2) is 3.33. The van der Waals surface area contributed by atoms with Crippen molar-refractivity contribution in [2.75, 3.05) is 0 Å². The van der Waals surface area contributed by atoms with Crippen LogP contribution in [-0.4, -0.2) is 9.91 Å². The van der Waals surface area contributed by atoms with E-state index in [1.54, 1.807) is 0 Å². The molecule has 14 heavy (non-hydrogen) atoms. The topological polar surface area (TPSA) is 58.9 Å². The van der Waals surface area contributed by atoms with Crippen LogP contribution in [0.25, 0.3) is 17.0 Å². The molecule has 1 aromatic heterocycles. The smallest absolute Gasteiger partial charge is 0.235 e. The van der Waals surface area contributed by atoms with Gasteiger partial charge in [-0.05, 0) is 29.1 Å². The predicted molar refractivity (Wildman–Crippen MR) is 54.3 cm³/mol. The molecule has 0 spiro atoms. The molecule has 0 unspecified atom stereocenters. The van der Waals surface area contributed by atoms with Gasteiger partial charge in [0.1, 0.15) is 0 Å². The van der Waals surface area contributed by atoms with E-state index in [0.29, 0.717) is 0 Å². The maximum atomic E-state index is 10.1. The summed E-state index contributed by atoms with van der Waals surface area (Å²) in [5, 5.41) is 11.2. The molecule has 70 valence electrons. The van der Waals surface area contributed by atoms with Crippen molar-refractivity contribution in [3.8, 4) is 0 Å². The molecule has 2 aromatic rings. The molecule has 0 amide bonds. The van der Waals surface area contributed by atoms with E-state index in [1.165, 1.54) is 6.08 Å². The largest absolute Gasteiger partial charge is 0.361 e. The lowest BCUT2D eigenvalue weighted by molar-refractivity contribution is -0.400. The van der Waals surface area contributed by atoms with Crippen molar-refractivity contribution in [1.82, 2.24) is 4.98 Å². The Hall–Kier alpha value is -2.10. The monoisotopic (exact) mass is 188 g/mol. The lowest BCUT2D eigenvalue weighted by atomic mass is 10.1. The number of H-pyrrole nitrogens is 1. The molecule has 0 saturated carbocycles. The molecule has 1 aromatic carbocycles. The summed E-state index contributed by atoms with van der Waals surface area (Å²) in [7, 11) is 0. The first-order chi connectivity index (χ1) is 6.75. The zero-order valence-corrected chi connectivity index (χ0v) is 7.31. The summed E-state index contributed by atoms with van der Waals surface area (Å²) in [4.78, 5) is 12.7.